The first kappa shape index (κ1) is 30.7. The number of nitrogens with zero attached hydrogens (tertiary/aromatic N) is 4. The first-order valence-electron chi connectivity index (χ1n) is 14.6. The number of amides is 2. The monoisotopic (exact) mass is 607 g/mol. The van der Waals surface area contributed by atoms with Crippen LogP contribution in [0.5, 0.6) is 0 Å². The Morgan fingerprint density at radius 2 is 1.93 bits per heavy atom. The Bertz CT molecular complexity index is 1610. The summed E-state index contributed by atoms with van der Waals surface area (Å²) < 4.78 is 33.8. The second-order valence-corrected chi connectivity index (χ2v) is 11.0. The van der Waals surface area contributed by atoms with Crippen LogP contribution in [0.15, 0.2) is 43.0 Å². The maximum Gasteiger partial charge on any atom is 0.407 e. The van der Waals surface area contributed by atoms with Gasteiger partial charge in [0, 0.05) is 54.6 Å². The molecule has 1 fully saturated rings. The minimum atomic E-state index is -0.617. The Labute approximate surface area is 252 Å². The predicted molar refractivity (Wildman–Crippen MR) is 160 cm³/mol. The zero-order valence-corrected chi connectivity index (χ0v) is 24.5. The largest absolute Gasteiger partial charge is 0.445 e. The van der Waals surface area contributed by atoms with Crippen molar-refractivity contribution in [2.75, 3.05) is 18.4 Å². The van der Waals surface area contributed by atoms with Crippen molar-refractivity contribution in [1.29, 1.82) is 0 Å². The van der Waals surface area contributed by atoms with E-state index in [4.69, 9.17) is 4.74 Å². The van der Waals surface area contributed by atoms with Crippen molar-refractivity contribution in [3.63, 3.8) is 0 Å². The highest BCUT2D eigenvalue weighted by Crippen LogP contribution is 2.28. The molecular formula is C30H35F2N9O3. The molecule has 5 rings (SSSR count). The van der Waals surface area contributed by atoms with Crippen molar-refractivity contribution < 1.29 is 23.1 Å². The molecule has 14 heteroatoms. The lowest BCUT2D eigenvalue weighted by molar-refractivity contribution is 0.0921. The van der Waals surface area contributed by atoms with Crippen LogP contribution in [0.2, 0.25) is 0 Å². The average molecular weight is 608 g/mol. The molecule has 12 nitrogen and oxygen atoms in total. The lowest BCUT2D eigenvalue weighted by Gasteiger charge is -2.30. The van der Waals surface area contributed by atoms with Crippen LogP contribution in [-0.4, -0.2) is 68.1 Å². The van der Waals surface area contributed by atoms with Crippen LogP contribution in [-0.2, 0) is 11.3 Å². The van der Waals surface area contributed by atoms with Crippen LogP contribution in [0.4, 0.5) is 19.4 Å². The van der Waals surface area contributed by atoms with Crippen molar-refractivity contribution in [3.8, 4) is 11.4 Å². The van der Waals surface area contributed by atoms with Gasteiger partial charge in [-0.15, -0.1) is 0 Å². The number of H-pyrrole nitrogens is 1. The first-order chi connectivity index (χ1) is 21.2. The molecule has 44 heavy (non-hydrogen) atoms. The molecule has 5 N–H and O–H groups in total. The van der Waals surface area contributed by atoms with Crippen LogP contribution in [0, 0.1) is 11.6 Å². The highest BCUT2D eigenvalue weighted by molar-refractivity contribution is 5.93. The summed E-state index contributed by atoms with van der Waals surface area (Å²) in [5, 5.41) is 12.5. The second kappa shape index (κ2) is 14.2. The van der Waals surface area contributed by atoms with Crippen molar-refractivity contribution in [2.24, 2.45) is 0 Å². The molecule has 0 unspecified atom stereocenters. The molecule has 0 radical (unpaired) electrons. The fourth-order valence-electron chi connectivity index (χ4n) is 5.08. The molecule has 0 spiro atoms. The topological polar surface area (TPSA) is 159 Å². The predicted octanol–water partition coefficient (Wildman–Crippen LogP) is 4.07. The molecule has 0 aliphatic heterocycles. The van der Waals surface area contributed by atoms with Gasteiger partial charge in [-0.3, -0.25) is 9.78 Å². The lowest BCUT2D eigenvalue weighted by atomic mass is 9.91. The zero-order valence-electron chi connectivity index (χ0n) is 24.5. The summed E-state index contributed by atoms with van der Waals surface area (Å²) in [6.07, 6.45) is 7.61. The number of ether oxygens (including phenoxy) is 1. The van der Waals surface area contributed by atoms with Crippen LogP contribution in [0.25, 0.3) is 22.4 Å². The normalized spacial score (nSPS) is 16.6. The molecule has 0 saturated heterocycles. The number of hydrogen-bond acceptors (Lipinski definition) is 9. The number of aromatic amines is 1. The molecule has 4 heterocycles. The average Bonchev–Trinajstić information content (AvgIpc) is 3.42. The zero-order chi connectivity index (χ0) is 31.1. The van der Waals surface area contributed by atoms with E-state index in [2.05, 4.69) is 46.2 Å². The molecule has 4 aromatic rings. The molecule has 1 aliphatic carbocycles. The third-order valence-corrected chi connectivity index (χ3v) is 7.21. The van der Waals surface area contributed by atoms with Crippen molar-refractivity contribution in [2.45, 2.75) is 64.3 Å². The number of hydrogen-bond donors (Lipinski definition) is 5. The van der Waals surface area contributed by atoms with E-state index in [0.717, 1.165) is 31.7 Å². The molecule has 4 aromatic heterocycles. The Morgan fingerprint density at radius 3 is 2.77 bits per heavy atom. The summed E-state index contributed by atoms with van der Waals surface area (Å²) in [5.74, 6) is -1.22. The van der Waals surface area contributed by atoms with Crippen molar-refractivity contribution in [1.82, 2.24) is 40.9 Å². The van der Waals surface area contributed by atoms with E-state index in [0.29, 0.717) is 47.7 Å². The number of halogens is 2. The van der Waals surface area contributed by atoms with Crippen LogP contribution >= 0.6 is 0 Å². The fourth-order valence-corrected chi connectivity index (χ4v) is 5.08. The number of carbonyl (C=O) groups excluding carboxylic acids is 2. The van der Waals surface area contributed by atoms with Gasteiger partial charge in [0.2, 0.25) is 0 Å². The molecule has 0 aromatic carbocycles. The Morgan fingerprint density at radius 1 is 1.09 bits per heavy atom. The summed E-state index contributed by atoms with van der Waals surface area (Å²) in [7, 11) is 0. The van der Waals surface area contributed by atoms with E-state index in [1.165, 1.54) is 12.3 Å². The van der Waals surface area contributed by atoms with Gasteiger partial charge in [0.25, 0.3) is 5.91 Å². The number of carbonyl (C=O) groups is 2. The summed E-state index contributed by atoms with van der Waals surface area (Å²) >= 11 is 0. The van der Waals surface area contributed by atoms with E-state index in [1.807, 2.05) is 13.8 Å². The minimum absolute atomic E-state index is 0.00183. The van der Waals surface area contributed by atoms with E-state index >= 15 is 0 Å². The van der Waals surface area contributed by atoms with Gasteiger partial charge in [-0.1, -0.05) is 13.8 Å². The summed E-state index contributed by atoms with van der Waals surface area (Å²) in [4.78, 5) is 44.6. The molecule has 2 amide bonds. The van der Waals surface area contributed by atoms with E-state index < -0.39 is 17.7 Å². The van der Waals surface area contributed by atoms with Crippen LogP contribution < -0.4 is 21.3 Å². The Balaban J connectivity index is 1.16. The summed E-state index contributed by atoms with van der Waals surface area (Å²) in [6.45, 7) is 5.10. The smallest absolute Gasteiger partial charge is 0.407 e. The summed E-state index contributed by atoms with van der Waals surface area (Å²) in [6, 6.07) is 4.58. The number of nitrogens with one attached hydrogen (secondary N) is 5. The molecule has 2 atom stereocenters. The van der Waals surface area contributed by atoms with Gasteiger partial charge in [0.15, 0.2) is 17.5 Å². The molecule has 1 aliphatic rings. The molecule has 232 valence electrons. The maximum absolute atomic E-state index is 14.7. The summed E-state index contributed by atoms with van der Waals surface area (Å²) in [5.41, 5.74) is 1.81. The number of anilines is 1. The highest BCUT2D eigenvalue weighted by atomic mass is 19.1. The molecular weight excluding hydrogens is 572 g/mol. The van der Waals surface area contributed by atoms with Crippen molar-refractivity contribution in [3.05, 3.63) is 65.9 Å². The number of rotatable bonds is 11. The van der Waals surface area contributed by atoms with Gasteiger partial charge in [-0.05, 0) is 49.4 Å². The van der Waals surface area contributed by atoms with Gasteiger partial charge in [-0.25, -0.2) is 28.5 Å². The first-order valence-corrected chi connectivity index (χ1v) is 14.6. The fraction of sp³-hybridized carbons (Fsp3) is 0.400. The van der Waals surface area contributed by atoms with Gasteiger partial charge in [0.1, 0.15) is 23.8 Å². The van der Waals surface area contributed by atoms with Gasteiger partial charge >= 0.3 is 6.09 Å². The van der Waals surface area contributed by atoms with Gasteiger partial charge in [-0.2, -0.15) is 0 Å². The third-order valence-electron chi connectivity index (χ3n) is 7.21. The second-order valence-electron chi connectivity index (χ2n) is 11.0. The quantitative estimate of drug-likeness (QED) is 0.159. The minimum Gasteiger partial charge on any atom is -0.445 e. The van der Waals surface area contributed by atoms with Crippen molar-refractivity contribution >= 4 is 28.9 Å². The van der Waals surface area contributed by atoms with E-state index in [1.54, 1.807) is 18.3 Å². The number of alkyl carbamates (subject to hydrolysis) is 1. The maximum atomic E-state index is 14.7. The standard InChI is InChI=1S/C30H35F2N9O3/c1-17(2)33-8-9-35-30(43)44-16-18-6-7-34-25(10-18)29(42)40-21-5-3-4-20(12-21)39-28-24(32)15-38-27(41-28)23-14-37-26-22(23)11-19(31)13-36-26/h6-7,10-11,13-15,17,20-21,33H,3-5,8-9,12,16H2,1-2H3,(H,35,43)(H,36,37)(H,40,42)(H,38,39,41)/t20-,21+/m1/s1. The Kier molecular flexibility index (Phi) is 9.89. The lowest BCUT2D eigenvalue weighted by Crippen LogP contribution is -2.42. The van der Waals surface area contributed by atoms with Gasteiger partial charge in [0.05, 0.1) is 12.4 Å². The van der Waals surface area contributed by atoms with Crippen LogP contribution in [0.3, 0.4) is 0 Å². The SMILES string of the molecule is CC(C)NCCNC(=O)OCc1ccnc(C(=O)N[C@H]2CCC[C@@H](Nc3nc(-c4c[nH]c5ncc(F)cc45)ncc3F)C2)c1. The number of aromatic nitrogens is 5. The molecule has 1 saturated carbocycles. The Hall–Kier alpha value is -4.72. The number of pyridine rings is 2. The van der Waals surface area contributed by atoms with E-state index in [-0.39, 0.29) is 41.9 Å². The highest BCUT2D eigenvalue weighted by Gasteiger charge is 2.26. The molecule has 0 bridgehead atoms. The van der Waals surface area contributed by atoms with Gasteiger partial charge < -0.3 is 31.0 Å². The number of fused-ring (bicyclic) bond motifs is 1. The van der Waals surface area contributed by atoms with E-state index in [9.17, 15) is 18.4 Å². The van der Waals surface area contributed by atoms with Crippen LogP contribution in [0.1, 0.15) is 55.6 Å². The third kappa shape index (κ3) is 8.01.